The monoisotopic (exact) mass is 529 g/mol. The minimum absolute atomic E-state index is 0.157. The fraction of sp³-hybridized carbons (Fsp3) is 0.345. The molecule has 0 unspecified atom stereocenters. The van der Waals surface area contributed by atoms with E-state index in [4.69, 9.17) is 14.7 Å². The van der Waals surface area contributed by atoms with E-state index in [0.29, 0.717) is 11.8 Å². The van der Waals surface area contributed by atoms with E-state index < -0.39 is 0 Å². The molecular weight excluding hydrogens is 494 g/mol. The molecule has 0 radical (unpaired) electrons. The molecule has 1 fully saturated rings. The van der Waals surface area contributed by atoms with Gasteiger partial charge in [0, 0.05) is 56.2 Å². The lowest BCUT2D eigenvalue weighted by atomic mass is 9.95. The van der Waals surface area contributed by atoms with Crippen molar-refractivity contribution in [2.24, 2.45) is 7.05 Å². The summed E-state index contributed by atoms with van der Waals surface area (Å²) in [6, 6.07) is 16.6. The molecule has 1 aliphatic rings. The molecule has 0 atom stereocenters. The zero-order valence-electron chi connectivity index (χ0n) is 22.7. The minimum atomic E-state index is 0.157. The van der Waals surface area contributed by atoms with Gasteiger partial charge in [0.05, 0.1) is 16.8 Å². The highest BCUT2D eigenvalue weighted by Gasteiger charge is 2.22. The maximum atomic E-state index is 6.49. The zero-order chi connectivity index (χ0) is 26.6. The second-order valence-corrected chi connectivity index (χ2v) is 10.9. The van der Waals surface area contributed by atoms with E-state index in [-0.39, 0.29) is 5.92 Å². The van der Waals surface area contributed by atoms with Gasteiger partial charge in [-0.15, -0.1) is 0 Å². The highest BCUT2D eigenvalue weighted by Crippen LogP contribution is 2.39. The second-order valence-electron chi connectivity index (χ2n) is 10.0. The molecule has 38 heavy (non-hydrogen) atoms. The molecule has 0 amide bonds. The number of anilines is 2. The molecule has 1 saturated heterocycles. The minimum Gasteiger partial charge on any atom is -0.439 e. The van der Waals surface area contributed by atoms with E-state index in [1.165, 1.54) is 17.6 Å². The van der Waals surface area contributed by atoms with Crippen molar-refractivity contribution in [3.8, 4) is 22.9 Å². The highest BCUT2D eigenvalue weighted by molar-refractivity contribution is 8.00. The van der Waals surface area contributed by atoms with Crippen LogP contribution in [-0.4, -0.2) is 57.9 Å². The molecule has 0 spiro atoms. The first-order valence-electron chi connectivity index (χ1n) is 13.0. The molecule has 1 aliphatic heterocycles. The molecule has 4 aromatic rings. The summed E-state index contributed by atoms with van der Waals surface area (Å²) in [4.78, 5) is 15.6. The van der Waals surface area contributed by atoms with E-state index in [1.807, 2.05) is 43.7 Å². The Morgan fingerprint density at radius 3 is 2.34 bits per heavy atom. The van der Waals surface area contributed by atoms with E-state index >= 15 is 0 Å². The molecular formula is C29H35N7OS. The lowest BCUT2D eigenvalue weighted by Crippen LogP contribution is -2.44. The Balaban J connectivity index is 1.48. The van der Waals surface area contributed by atoms with Gasteiger partial charge in [-0.25, -0.2) is 4.98 Å². The third kappa shape index (κ3) is 5.95. The van der Waals surface area contributed by atoms with Crippen LogP contribution in [0.15, 0.2) is 65.8 Å². The van der Waals surface area contributed by atoms with Crippen molar-refractivity contribution < 1.29 is 4.74 Å². The Bertz CT molecular complexity index is 1380. The van der Waals surface area contributed by atoms with Gasteiger partial charge in [0.15, 0.2) is 0 Å². The van der Waals surface area contributed by atoms with Gasteiger partial charge in [0.25, 0.3) is 0 Å². The summed E-state index contributed by atoms with van der Waals surface area (Å²) in [5.41, 5.74) is 5.31. The number of ether oxygens (including phenoxy) is 1. The van der Waals surface area contributed by atoms with Crippen molar-refractivity contribution in [1.82, 2.24) is 24.6 Å². The number of piperazine rings is 1. The standard InChI is InChI=1S/C29H35N7OS/c1-20(2)26-27(25-9-7-6-8-21(25)3)31-29(33-38-24-18-30-35(5)19-24)32-28(26)37-23-12-10-22(11-13-23)36-16-14-34(4)15-17-36/h6-13,18-20H,14-17H2,1-5H3,(H,31,32,33). The summed E-state index contributed by atoms with van der Waals surface area (Å²) in [6.07, 6.45) is 3.75. The Morgan fingerprint density at radius 1 is 0.947 bits per heavy atom. The number of aromatic nitrogens is 4. The van der Waals surface area contributed by atoms with E-state index in [9.17, 15) is 0 Å². The quantitative estimate of drug-likeness (QED) is 0.280. The summed E-state index contributed by atoms with van der Waals surface area (Å²) in [6.45, 7) is 10.6. The number of benzene rings is 2. The molecule has 0 bridgehead atoms. The molecule has 5 rings (SSSR count). The van der Waals surface area contributed by atoms with Crippen LogP contribution in [0.4, 0.5) is 11.6 Å². The highest BCUT2D eigenvalue weighted by atomic mass is 32.2. The van der Waals surface area contributed by atoms with Gasteiger partial charge in [-0.05, 0) is 61.7 Å². The lowest BCUT2D eigenvalue weighted by molar-refractivity contribution is 0.313. The second kappa shape index (κ2) is 11.4. The first kappa shape index (κ1) is 26.1. The number of nitrogens with zero attached hydrogens (tertiary/aromatic N) is 6. The first-order valence-corrected chi connectivity index (χ1v) is 13.8. The number of rotatable bonds is 8. The van der Waals surface area contributed by atoms with E-state index in [2.05, 4.69) is 71.7 Å². The molecule has 2 aromatic heterocycles. The molecule has 8 nitrogen and oxygen atoms in total. The molecule has 0 aliphatic carbocycles. The van der Waals surface area contributed by atoms with Gasteiger partial charge >= 0.3 is 0 Å². The van der Waals surface area contributed by atoms with Crippen LogP contribution in [0.25, 0.3) is 11.3 Å². The number of aryl methyl sites for hydroxylation is 2. The van der Waals surface area contributed by atoms with Crippen molar-refractivity contribution in [1.29, 1.82) is 0 Å². The Hall–Kier alpha value is -3.56. The number of nitrogens with one attached hydrogen (secondary N) is 1. The predicted molar refractivity (Wildman–Crippen MR) is 155 cm³/mol. The van der Waals surface area contributed by atoms with Crippen LogP contribution in [0.3, 0.4) is 0 Å². The maximum Gasteiger partial charge on any atom is 0.237 e. The van der Waals surface area contributed by atoms with Crippen molar-refractivity contribution in [2.45, 2.75) is 31.6 Å². The Labute approximate surface area is 229 Å². The lowest BCUT2D eigenvalue weighted by Gasteiger charge is -2.34. The van der Waals surface area contributed by atoms with E-state index in [0.717, 1.165) is 59.2 Å². The normalized spacial score (nSPS) is 14.2. The van der Waals surface area contributed by atoms with Crippen LogP contribution in [0.5, 0.6) is 11.6 Å². The van der Waals surface area contributed by atoms with Crippen LogP contribution < -0.4 is 14.4 Å². The molecule has 1 N–H and O–H groups in total. The topological polar surface area (TPSA) is 71.3 Å². The van der Waals surface area contributed by atoms with Crippen LogP contribution in [0.2, 0.25) is 0 Å². The smallest absolute Gasteiger partial charge is 0.237 e. The summed E-state index contributed by atoms with van der Waals surface area (Å²) in [7, 11) is 4.07. The van der Waals surface area contributed by atoms with Crippen LogP contribution in [0.1, 0.15) is 30.9 Å². The van der Waals surface area contributed by atoms with Gasteiger partial charge in [-0.3, -0.25) is 9.40 Å². The SMILES string of the molecule is Cc1ccccc1-c1nc(NSc2cnn(C)c2)nc(Oc2ccc(N3CCN(C)CC3)cc2)c1C(C)C. The van der Waals surface area contributed by atoms with Crippen LogP contribution in [0, 0.1) is 6.92 Å². The molecule has 198 valence electrons. The number of hydrogen-bond donors (Lipinski definition) is 1. The maximum absolute atomic E-state index is 6.49. The molecule has 0 saturated carbocycles. The fourth-order valence-corrected chi connectivity index (χ4v) is 5.20. The largest absolute Gasteiger partial charge is 0.439 e. The Kier molecular flexibility index (Phi) is 7.85. The average Bonchev–Trinajstić information content (AvgIpc) is 3.33. The first-order chi connectivity index (χ1) is 18.4. The predicted octanol–water partition coefficient (Wildman–Crippen LogP) is 5.97. The van der Waals surface area contributed by atoms with Gasteiger partial charge < -0.3 is 14.5 Å². The van der Waals surface area contributed by atoms with E-state index in [1.54, 1.807) is 4.68 Å². The fourth-order valence-electron chi connectivity index (χ4n) is 4.59. The van der Waals surface area contributed by atoms with Crippen molar-refractivity contribution in [3.05, 3.63) is 72.1 Å². The third-order valence-corrected chi connectivity index (χ3v) is 7.48. The number of hydrogen-bond acceptors (Lipinski definition) is 8. The molecule has 3 heterocycles. The van der Waals surface area contributed by atoms with Gasteiger partial charge in [-0.2, -0.15) is 10.1 Å². The average molecular weight is 530 g/mol. The number of likely N-dealkylation sites (N-methyl/N-ethyl adjacent to an activating group) is 1. The summed E-state index contributed by atoms with van der Waals surface area (Å²) in [5, 5.41) is 4.25. The van der Waals surface area contributed by atoms with Gasteiger partial charge in [0.1, 0.15) is 5.75 Å². The van der Waals surface area contributed by atoms with Crippen molar-refractivity contribution >= 4 is 23.6 Å². The third-order valence-electron chi connectivity index (χ3n) is 6.75. The zero-order valence-corrected chi connectivity index (χ0v) is 23.5. The van der Waals surface area contributed by atoms with Crippen LogP contribution in [-0.2, 0) is 7.05 Å². The summed E-state index contributed by atoms with van der Waals surface area (Å²) >= 11 is 1.43. The Morgan fingerprint density at radius 2 is 1.68 bits per heavy atom. The molecule has 2 aromatic carbocycles. The molecule has 9 heteroatoms. The summed E-state index contributed by atoms with van der Waals surface area (Å²) in [5.74, 6) is 1.97. The van der Waals surface area contributed by atoms with Gasteiger partial charge in [-0.1, -0.05) is 38.1 Å². The van der Waals surface area contributed by atoms with Crippen molar-refractivity contribution in [3.63, 3.8) is 0 Å². The summed E-state index contributed by atoms with van der Waals surface area (Å²) < 4.78 is 11.6. The van der Waals surface area contributed by atoms with Gasteiger partial charge in [0.2, 0.25) is 11.8 Å². The van der Waals surface area contributed by atoms with Crippen molar-refractivity contribution in [2.75, 3.05) is 42.8 Å². The van der Waals surface area contributed by atoms with Crippen LogP contribution >= 0.6 is 11.9 Å².